The maximum atomic E-state index is 4.38. The highest BCUT2D eigenvalue weighted by molar-refractivity contribution is 5.46. The largest absolute Gasteiger partial charge is 0.377 e. The van der Waals surface area contributed by atoms with Gasteiger partial charge in [0.1, 0.15) is 0 Å². The Morgan fingerprint density at radius 2 is 1.78 bits per heavy atom. The highest BCUT2D eigenvalue weighted by atomic mass is 15.0. The van der Waals surface area contributed by atoms with Crippen molar-refractivity contribution in [2.45, 2.75) is 33.2 Å². The van der Waals surface area contributed by atoms with Crippen LogP contribution in [0.3, 0.4) is 0 Å². The Labute approximate surface area is 108 Å². The molecule has 1 aromatic carbocycles. The molecule has 18 heavy (non-hydrogen) atoms. The van der Waals surface area contributed by atoms with Crippen molar-refractivity contribution in [3.05, 3.63) is 53.6 Å². The van der Waals surface area contributed by atoms with Crippen molar-refractivity contribution in [2.24, 2.45) is 0 Å². The van der Waals surface area contributed by atoms with Gasteiger partial charge >= 0.3 is 0 Å². The van der Waals surface area contributed by atoms with Gasteiger partial charge in [-0.05, 0) is 38.0 Å². The molecule has 0 aliphatic carbocycles. The number of anilines is 1. The van der Waals surface area contributed by atoms with Gasteiger partial charge in [-0.25, -0.2) is 0 Å². The smallest absolute Gasteiger partial charge is 0.0835 e. The second-order valence-corrected chi connectivity index (χ2v) is 4.44. The lowest BCUT2D eigenvalue weighted by molar-refractivity contribution is 0.810. The highest BCUT2D eigenvalue weighted by Gasteiger charge is 2.09. The number of aromatic nitrogens is 2. The van der Waals surface area contributed by atoms with Crippen LogP contribution in [0.1, 0.15) is 36.8 Å². The zero-order chi connectivity index (χ0) is 13.0. The predicted octanol–water partition coefficient (Wildman–Crippen LogP) is 3.52. The fraction of sp³-hybridized carbons (Fsp3) is 0.333. The summed E-state index contributed by atoms with van der Waals surface area (Å²) < 4.78 is 0. The van der Waals surface area contributed by atoms with Gasteiger partial charge in [-0.3, -0.25) is 9.97 Å². The molecule has 0 spiro atoms. The van der Waals surface area contributed by atoms with Crippen molar-refractivity contribution in [1.29, 1.82) is 0 Å². The lowest BCUT2D eigenvalue weighted by Crippen LogP contribution is -2.10. The molecule has 1 heterocycles. The first kappa shape index (κ1) is 12.6. The Morgan fingerprint density at radius 1 is 1.11 bits per heavy atom. The summed E-state index contributed by atoms with van der Waals surface area (Å²) in [6, 6.07) is 8.69. The van der Waals surface area contributed by atoms with Crippen molar-refractivity contribution >= 4 is 5.69 Å². The average molecular weight is 241 g/mol. The first-order valence-corrected chi connectivity index (χ1v) is 6.33. The van der Waals surface area contributed by atoms with Crippen molar-refractivity contribution in [3.8, 4) is 0 Å². The minimum atomic E-state index is 0.158. The van der Waals surface area contributed by atoms with Crippen LogP contribution in [0.15, 0.2) is 36.7 Å². The monoisotopic (exact) mass is 241 g/mol. The number of aryl methyl sites for hydroxylation is 2. The zero-order valence-electron chi connectivity index (χ0n) is 11.1. The van der Waals surface area contributed by atoms with E-state index >= 15 is 0 Å². The number of hydrogen-bond acceptors (Lipinski definition) is 3. The third-order valence-corrected chi connectivity index (χ3v) is 3.07. The first-order valence-electron chi connectivity index (χ1n) is 6.33. The molecule has 94 valence electrons. The minimum absolute atomic E-state index is 0.158. The fourth-order valence-electron chi connectivity index (χ4n) is 2.00. The molecular formula is C15H19N3. The van der Waals surface area contributed by atoms with Crippen molar-refractivity contribution in [3.63, 3.8) is 0 Å². The predicted molar refractivity (Wildman–Crippen MR) is 74.6 cm³/mol. The standard InChI is InChI=1S/C15H19N3/c1-4-13-5-7-14(8-6-13)18-12(3)15-11(2)16-9-10-17-15/h5-10,12,18H,4H2,1-3H3. The molecule has 0 fully saturated rings. The number of nitrogens with one attached hydrogen (secondary N) is 1. The lowest BCUT2D eigenvalue weighted by atomic mass is 10.1. The summed E-state index contributed by atoms with van der Waals surface area (Å²) in [6.07, 6.45) is 4.53. The van der Waals surface area contributed by atoms with Gasteiger partial charge in [0.2, 0.25) is 0 Å². The average Bonchev–Trinajstić information content (AvgIpc) is 2.40. The van der Waals surface area contributed by atoms with Crippen molar-refractivity contribution < 1.29 is 0 Å². The summed E-state index contributed by atoms with van der Waals surface area (Å²) in [7, 11) is 0. The van der Waals surface area contributed by atoms with Gasteiger partial charge in [-0.2, -0.15) is 0 Å². The van der Waals surface area contributed by atoms with Gasteiger partial charge in [0.25, 0.3) is 0 Å². The molecule has 0 bridgehead atoms. The van der Waals surface area contributed by atoms with E-state index in [-0.39, 0.29) is 6.04 Å². The maximum Gasteiger partial charge on any atom is 0.0835 e. The topological polar surface area (TPSA) is 37.8 Å². The van der Waals surface area contributed by atoms with E-state index < -0.39 is 0 Å². The Hall–Kier alpha value is -1.90. The highest BCUT2D eigenvalue weighted by Crippen LogP contribution is 2.19. The van der Waals surface area contributed by atoms with Crippen LogP contribution < -0.4 is 5.32 Å². The molecular weight excluding hydrogens is 222 g/mol. The van der Waals surface area contributed by atoms with E-state index in [1.807, 2.05) is 6.92 Å². The quantitative estimate of drug-likeness (QED) is 0.890. The molecule has 2 aromatic rings. The van der Waals surface area contributed by atoms with E-state index in [4.69, 9.17) is 0 Å². The molecule has 0 aliphatic heterocycles. The minimum Gasteiger partial charge on any atom is -0.377 e. The fourth-order valence-corrected chi connectivity index (χ4v) is 2.00. The van der Waals surface area contributed by atoms with Gasteiger partial charge in [0, 0.05) is 18.1 Å². The van der Waals surface area contributed by atoms with Gasteiger partial charge < -0.3 is 5.32 Å². The first-order chi connectivity index (χ1) is 8.70. The second kappa shape index (κ2) is 5.63. The molecule has 0 saturated carbocycles. The number of nitrogens with zero attached hydrogens (tertiary/aromatic N) is 2. The molecule has 0 saturated heterocycles. The molecule has 0 aliphatic rings. The second-order valence-electron chi connectivity index (χ2n) is 4.44. The summed E-state index contributed by atoms with van der Waals surface area (Å²) in [4.78, 5) is 8.65. The van der Waals surface area contributed by atoms with E-state index in [0.717, 1.165) is 23.5 Å². The van der Waals surface area contributed by atoms with E-state index in [1.54, 1.807) is 12.4 Å². The summed E-state index contributed by atoms with van der Waals surface area (Å²) in [5.41, 5.74) is 4.44. The number of hydrogen-bond donors (Lipinski definition) is 1. The van der Waals surface area contributed by atoms with Crippen LogP contribution in [0.5, 0.6) is 0 Å². The van der Waals surface area contributed by atoms with Crippen molar-refractivity contribution in [1.82, 2.24) is 9.97 Å². The maximum absolute atomic E-state index is 4.38. The Morgan fingerprint density at radius 3 is 2.39 bits per heavy atom. The molecule has 1 N–H and O–H groups in total. The van der Waals surface area contributed by atoms with Gasteiger partial charge in [0.15, 0.2) is 0 Å². The third-order valence-electron chi connectivity index (χ3n) is 3.07. The van der Waals surface area contributed by atoms with Crippen LogP contribution in [0, 0.1) is 6.92 Å². The Bertz CT molecular complexity index is 505. The SMILES string of the molecule is CCc1ccc(NC(C)c2nccnc2C)cc1. The van der Waals surface area contributed by atoms with E-state index in [0.29, 0.717) is 0 Å². The van der Waals surface area contributed by atoms with E-state index in [1.165, 1.54) is 5.56 Å². The normalized spacial score (nSPS) is 12.2. The van der Waals surface area contributed by atoms with Crippen LogP contribution in [0.25, 0.3) is 0 Å². The summed E-state index contributed by atoms with van der Waals surface area (Å²) in [5, 5.41) is 3.45. The molecule has 1 unspecified atom stereocenters. The third kappa shape index (κ3) is 2.86. The van der Waals surface area contributed by atoms with Crippen LogP contribution in [-0.2, 0) is 6.42 Å². The molecule has 0 amide bonds. The van der Waals surface area contributed by atoms with E-state index in [9.17, 15) is 0 Å². The lowest BCUT2D eigenvalue weighted by Gasteiger charge is -2.16. The molecule has 0 radical (unpaired) electrons. The molecule has 3 nitrogen and oxygen atoms in total. The Balaban J connectivity index is 2.11. The molecule has 2 rings (SSSR count). The molecule has 1 atom stereocenters. The van der Waals surface area contributed by atoms with Crippen LogP contribution in [-0.4, -0.2) is 9.97 Å². The van der Waals surface area contributed by atoms with E-state index in [2.05, 4.69) is 53.4 Å². The van der Waals surface area contributed by atoms with Crippen LogP contribution >= 0.6 is 0 Å². The summed E-state index contributed by atoms with van der Waals surface area (Å²) in [6.45, 7) is 6.25. The molecule has 3 heteroatoms. The zero-order valence-corrected chi connectivity index (χ0v) is 11.1. The van der Waals surface area contributed by atoms with Gasteiger partial charge in [-0.15, -0.1) is 0 Å². The summed E-state index contributed by atoms with van der Waals surface area (Å²) >= 11 is 0. The molecule has 1 aromatic heterocycles. The van der Waals surface area contributed by atoms with Gasteiger partial charge in [-0.1, -0.05) is 19.1 Å². The van der Waals surface area contributed by atoms with Gasteiger partial charge in [0.05, 0.1) is 17.4 Å². The summed E-state index contributed by atoms with van der Waals surface area (Å²) in [5.74, 6) is 0. The van der Waals surface area contributed by atoms with Crippen LogP contribution in [0.2, 0.25) is 0 Å². The number of rotatable bonds is 4. The Kier molecular flexibility index (Phi) is 3.92. The van der Waals surface area contributed by atoms with Crippen LogP contribution in [0.4, 0.5) is 5.69 Å². The van der Waals surface area contributed by atoms with Crippen molar-refractivity contribution in [2.75, 3.05) is 5.32 Å². The number of benzene rings is 1.